The number of carbonyl (C=O) groups is 3. The zero-order valence-electron chi connectivity index (χ0n) is 22.1. The number of urea groups is 1. The number of hydroxylamine groups is 3. The van der Waals surface area contributed by atoms with Crippen LogP contribution in [0.15, 0.2) is 30.6 Å². The van der Waals surface area contributed by atoms with Gasteiger partial charge in [-0.25, -0.2) is 15.1 Å². The summed E-state index contributed by atoms with van der Waals surface area (Å²) in [5.74, 6) is -0.590. The molecule has 2 N–H and O–H groups in total. The number of carbonyl (C=O) groups excluding carboxylic acids is 3. The van der Waals surface area contributed by atoms with Crippen LogP contribution in [0.1, 0.15) is 40.0 Å². The van der Waals surface area contributed by atoms with Crippen molar-refractivity contribution in [2.24, 2.45) is 0 Å². The highest BCUT2D eigenvalue weighted by molar-refractivity contribution is 7.80. The van der Waals surface area contributed by atoms with E-state index < -0.39 is 52.2 Å². The first kappa shape index (κ1) is 30.5. The molecule has 0 saturated carbocycles. The second-order valence-corrected chi connectivity index (χ2v) is 11.1. The second kappa shape index (κ2) is 13.3. The van der Waals surface area contributed by atoms with Gasteiger partial charge in [0.25, 0.3) is 5.91 Å². The molecule has 4 heterocycles. The molecule has 16 heteroatoms. The number of fused-ring (bicyclic) bond motifs is 2. The normalized spacial score (nSPS) is 23.4. The standard InChI is InChI=1S/C18H30N4O10S.C5H5N/c1-18(2,3)31-17(25)20-7-4-8-29-13(10-20)11-30-19-15(23)14-6-5-12-9-21(14)16(24)22(12)32-33(26,27)28;1-2-4-6-5-3-1/h12-14H,4-11H2,1-3H3,(H,19,23)(H,26,27,28);1-5H/t12-,13?,14+;/m1./s1. The lowest BCUT2D eigenvalue weighted by molar-refractivity contribution is -0.142. The Morgan fingerprint density at radius 1 is 1.18 bits per heavy atom. The Morgan fingerprint density at radius 2 is 1.90 bits per heavy atom. The number of hydrogen-bond donors (Lipinski definition) is 2. The first-order chi connectivity index (χ1) is 18.3. The van der Waals surface area contributed by atoms with Gasteiger partial charge in [0.05, 0.1) is 12.6 Å². The third kappa shape index (κ3) is 9.58. The Morgan fingerprint density at radius 3 is 2.49 bits per heavy atom. The van der Waals surface area contributed by atoms with Gasteiger partial charge in [0.15, 0.2) is 0 Å². The van der Waals surface area contributed by atoms with Crippen LogP contribution in [0.3, 0.4) is 0 Å². The average molecular weight is 574 g/mol. The van der Waals surface area contributed by atoms with E-state index in [1.807, 2.05) is 18.2 Å². The van der Waals surface area contributed by atoms with Crippen LogP contribution >= 0.6 is 0 Å². The van der Waals surface area contributed by atoms with Crippen molar-refractivity contribution >= 4 is 28.4 Å². The summed E-state index contributed by atoms with van der Waals surface area (Å²) in [5, 5.41) is 0.564. The lowest BCUT2D eigenvalue weighted by Crippen LogP contribution is -2.50. The summed E-state index contributed by atoms with van der Waals surface area (Å²) in [4.78, 5) is 49.1. The summed E-state index contributed by atoms with van der Waals surface area (Å²) in [7, 11) is -4.87. The van der Waals surface area contributed by atoms with Crippen molar-refractivity contribution in [2.45, 2.75) is 63.8 Å². The van der Waals surface area contributed by atoms with Gasteiger partial charge in [-0.1, -0.05) is 6.07 Å². The van der Waals surface area contributed by atoms with E-state index in [-0.39, 0.29) is 26.1 Å². The highest BCUT2D eigenvalue weighted by Crippen LogP contribution is 2.30. The lowest BCUT2D eigenvalue weighted by Gasteiger charge is -2.29. The van der Waals surface area contributed by atoms with Crippen molar-refractivity contribution in [2.75, 3.05) is 32.8 Å². The zero-order chi connectivity index (χ0) is 28.6. The van der Waals surface area contributed by atoms with Crippen LogP contribution in [-0.2, 0) is 33.8 Å². The predicted molar refractivity (Wildman–Crippen MR) is 134 cm³/mol. The van der Waals surface area contributed by atoms with Gasteiger partial charge in [-0.3, -0.25) is 19.2 Å². The van der Waals surface area contributed by atoms with Crippen LogP contribution in [0, 0.1) is 0 Å². The quantitative estimate of drug-likeness (QED) is 0.368. The molecule has 4 amide bonds. The number of hydrogen-bond acceptors (Lipinski definition) is 10. The summed E-state index contributed by atoms with van der Waals surface area (Å²) >= 11 is 0. The number of ether oxygens (including phenoxy) is 2. The Labute approximate surface area is 227 Å². The summed E-state index contributed by atoms with van der Waals surface area (Å²) in [6, 6.07) is 3.39. The van der Waals surface area contributed by atoms with Crippen molar-refractivity contribution in [1.82, 2.24) is 25.3 Å². The Balaban J connectivity index is 0.000000617. The molecule has 3 aliphatic heterocycles. The van der Waals surface area contributed by atoms with Gasteiger partial charge in [-0.05, 0) is 52.2 Å². The van der Waals surface area contributed by atoms with Gasteiger partial charge in [0, 0.05) is 32.1 Å². The van der Waals surface area contributed by atoms with Gasteiger partial charge in [-0.15, -0.1) is 4.28 Å². The maximum atomic E-state index is 12.6. The molecule has 1 aromatic heterocycles. The molecular weight excluding hydrogens is 538 g/mol. The van der Waals surface area contributed by atoms with Crippen molar-refractivity contribution in [3.63, 3.8) is 0 Å². The molecule has 3 fully saturated rings. The van der Waals surface area contributed by atoms with Gasteiger partial charge >= 0.3 is 22.5 Å². The van der Waals surface area contributed by atoms with Crippen molar-refractivity contribution < 1.29 is 45.9 Å². The maximum absolute atomic E-state index is 12.6. The minimum atomic E-state index is -4.87. The smallest absolute Gasteiger partial charge is 0.418 e. The number of rotatable bonds is 6. The van der Waals surface area contributed by atoms with Crippen LogP contribution in [0.25, 0.3) is 0 Å². The lowest BCUT2D eigenvalue weighted by atomic mass is 10.0. The fraction of sp³-hybridized carbons (Fsp3) is 0.652. The predicted octanol–water partition coefficient (Wildman–Crippen LogP) is 1.14. The third-order valence-corrected chi connectivity index (χ3v) is 6.16. The van der Waals surface area contributed by atoms with E-state index in [2.05, 4.69) is 14.7 Å². The molecule has 218 valence electrons. The minimum absolute atomic E-state index is 0.0354. The molecule has 0 radical (unpaired) electrons. The molecule has 1 unspecified atom stereocenters. The van der Waals surface area contributed by atoms with Gasteiger partial charge in [0.1, 0.15) is 24.4 Å². The average Bonchev–Trinajstić information content (AvgIpc) is 3.02. The first-order valence-electron chi connectivity index (χ1n) is 12.5. The number of amides is 4. The SMILES string of the molecule is CC(C)(C)OC(=O)N1CCCOC(CONC(=O)[C@@H]2CC[C@@H]3CN2C(=O)N3OS(=O)(=O)O)C1.c1ccncc1. The van der Waals surface area contributed by atoms with Crippen molar-refractivity contribution in [3.8, 4) is 0 Å². The molecule has 0 aliphatic carbocycles. The number of nitrogens with one attached hydrogen (secondary N) is 1. The first-order valence-corrected chi connectivity index (χ1v) is 13.8. The second-order valence-electron chi connectivity index (χ2n) is 10.1. The molecule has 0 spiro atoms. The summed E-state index contributed by atoms with van der Waals surface area (Å²) < 4.78 is 46.2. The molecule has 2 bridgehead atoms. The molecule has 4 rings (SSSR count). The number of pyridine rings is 1. The summed E-state index contributed by atoms with van der Waals surface area (Å²) in [6.07, 6.45) is 3.73. The summed E-state index contributed by atoms with van der Waals surface area (Å²) in [6.45, 7) is 6.49. The molecule has 15 nitrogen and oxygen atoms in total. The van der Waals surface area contributed by atoms with Crippen LogP contribution in [0.4, 0.5) is 9.59 Å². The molecule has 3 saturated heterocycles. The largest absolute Gasteiger partial charge is 0.444 e. The van der Waals surface area contributed by atoms with E-state index in [1.165, 1.54) is 4.90 Å². The van der Waals surface area contributed by atoms with E-state index in [1.54, 1.807) is 33.2 Å². The Kier molecular flexibility index (Phi) is 10.4. The molecule has 3 aliphatic rings. The number of aromatic nitrogens is 1. The fourth-order valence-corrected chi connectivity index (χ4v) is 4.57. The Bertz CT molecular complexity index is 1060. The molecule has 1 aromatic rings. The molecular formula is C23H35N5O10S. The van der Waals surface area contributed by atoms with Crippen LogP contribution in [0.2, 0.25) is 0 Å². The van der Waals surface area contributed by atoms with E-state index in [9.17, 15) is 22.8 Å². The number of piperidine rings is 1. The van der Waals surface area contributed by atoms with Gasteiger partial charge in [-0.2, -0.15) is 13.5 Å². The summed E-state index contributed by atoms with van der Waals surface area (Å²) in [5.41, 5.74) is 1.67. The molecule has 39 heavy (non-hydrogen) atoms. The molecule has 3 atom stereocenters. The highest BCUT2D eigenvalue weighted by Gasteiger charge is 2.49. The van der Waals surface area contributed by atoms with Crippen LogP contribution < -0.4 is 5.48 Å². The number of nitrogens with zero attached hydrogens (tertiary/aromatic N) is 4. The van der Waals surface area contributed by atoms with Crippen LogP contribution in [-0.4, -0.2) is 107 Å². The minimum Gasteiger partial charge on any atom is -0.444 e. The zero-order valence-corrected chi connectivity index (χ0v) is 22.9. The van der Waals surface area contributed by atoms with E-state index in [0.29, 0.717) is 31.1 Å². The van der Waals surface area contributed by atoms with Gasteiger partial charge in [0.2, 0.25) is 0 Å². The third-order valence-electron chi connectivity index (χ3n) is 5.81. The van der Waals surface area contributed by atoms with Gasteiger partial charge < -0.3 is 19.3 Å². The van der Waals surface area contributed by atoms with E-state index in [0.717, 1.165) is 4.90 Å². The molecule has 0 aromatic carbocycles. The van der Waals surface area contributed by atoms with Crippen molar-refractivity contribution in [3.05, 3.63) is 30.6 Å². The van der Waals surface area contributed by atoms with Crippen LogP contribution in [0.5, 0.6) is 0 Å². The maximum Gasteiger partial charge on any atom is 0.418 e. The topological polar surface area (TPSA) is 177 Å². The fourth-order valence-electron chi connectivity index (χ4n) is 4.18. The van der Waals surface area contributed by atoms with Crippen molar-refractivity contribution in [1.29, 1.82) is 0 Å². The van der Waals surface area contributed by atoms with E-state index in [4.69, 9.17) is 18.9 Å². The monoisotopic (exact) mass is 573 g/mol. The highest BCUT2D eigenvalue weighted by atomic mass is 32.3. The Hall–Kier alpha value is -3.05. The van der Waals surface area contributed by atoms with E-state index >= 15 is 0 Å².